The zero-order chi connectivity index (χ0) is 36.9. The Labute approximate surface area is 307 Å². The van der Waals surface area contributed by atoms with Crippen LogP contribution >= 0.6 is 0 Å². The molecular formula is C43H64N2O5S. The Morgan fingerprint density at radius 1 is 0.961 bits per heavy atom. The van der Waals surface area contributed by atoms with Crippen LogP contribution in [0, 0.1) is 56.5 Å². The second-order valence-corrected chi connectivity index (χ2v) is 21.7. The summed E-state index contributed by atoms with van der Waals surface area (Å²) >= 11 is 0. The van der Waals surface area contributed by atoms with Crippen molar-refractivity contribution in [3.63, 3.8) is 0 Å². The van der Waals surface area contributed by atoms with Gasteiger partial charge in [0.2, 0.25) is 0 Å². The number of carbonyl (C=O) groups is 1. The molecule has 7 nitrogen and oxygen atoms in total. The molecule has 51 heavy (non-hydrogen) atoms. The highest BCUT2D eigenvalue weighted by atomic mass is 32.2. The minimum Gasteiger partial charge on any atom is -0.634 e. The third kappa shape index (κ3) is 5.57. The second kappa shape index (κ2) is 12.5. The summed E-state index contributed by atoms with van der Waals surface area (Å²) in [5, 5.41) is 24.7. The summed E-state index contributed by atoms with van der Waals surface area (Å²) in [6.07, 6.45) is 12.4. The van der Waals surface area contributed by atoms with Crippen LogP contribution in [0.25, 0.3) is 5.57 Å². The number of hydrogen-bond acceptors (Lipinski definition) is 5. The van der Waals surface area contributed by atoms with Gasteiger partial charge in [0.15, 0.2) is 9.84 Å². The van der Waals surface area contributed by atoms with E-state index < -0.39 is 15.8 Å². The highest BCUT2D eigenvalue weighted by Crippen LogP contribution is 2.76. The van der Waals surface area contributed by atoms with Crippen LogP contribution in [0.2, 0.25) is 0 Å². The quantitative estimate of drug-likeness (QED) is 0.227. The van der Waals surface area contributed by atoms with Crippen molar-refractivity contribution < 1.29 is 23.4 Å². The van der Waals surface area contributed by atoms with Crippen molar-refractivity contribution in [2.24, 2.45) is 51.2 Å². The maximum absolute atomic E-state index is 14.8. The van der Waals surface area contributed by atoms with E-state index in [1.165, 1.54) is 36.8 Å². The van der Waals surface area contributed by atoms with Gasteiger partial charge in [0, 0.05) is 31.8 Å². The van der Waals surface area contributed by atoms with E-state index in [0.717, 1.165) is 37.7 Å². The Balaban J connectivity index is 1.17. The molecule has 1 saturated heterocycles. The summed E-state index contributed by atoms with van der Waals surface area (Å²) in [6.45, 7) is 23.2. The van der Waals surface area contributed by atoms with E-state index in [1.54, 1.807) is 12.1 Å². The van der Waals surface area contributed by atoms with Crippen LogP contribution in [0.3, 0.4) is 0 Å². The minimum atomic E-state index is -2.96. The van der Waals surface area contributed by atoms with Gasteiger partial charge in [0.25, 0.3) is 0 Å². The molecule has 4 saturated carbocycles. The maximum atomic E-state index is 14.8. The van der Waals surface area contributed by atoms with Gasteiger partial charge in [-0.25, -0.2) is 13.2 Å². The van der Waals surface area contributed by atoms with E-state index in [2.05, 4.69) is 66.0 Å². The number of rotatable bonds is 7. The van der Waals surface area contributed by atoms with Gasteiger partial charge in [-0.15, -0.1) is 0 Å². The number of sulfone groups is 1. The van der Waals surface area contributed by atoms with Gasteiger partial charge in [-0.3, -0.25) is 4.90 Å². The summed E-state index contributed by atoms with van der Waals surface area (Å²) in [6, 6.07) is 7.57. The van der Waals surface area contributed by atoms with Crippen LogP contribution in [0.5, 0.6) is 0 Å². The molecule has 1 aromatic carbocycles. The fourth-order valence-corrected chi connectivity index (χ4v) is 15.5. The summed E-state index contributed by atoms with van der Waals surface area (Å²) in [7, 11) is -2.96. The van der Waals surface area contributed by atoms with Crippen molar-refractivity contribution in [3.8, 4) is 0 Å². The number of benzene rings is 1. The van der Waals surface area contributed by atoms with Gasteiger partial charge in [-0.1, -0.05) is 65.0 Å². The van der Waals surface area contributed by atoms with Crippen LogP contribution < -0.4 is 5.06 Å². The van der Waals surface area contributed by atoms with Crippen molar-refractivity contribution >= 4 is 21.4 Å². The lowest BCUT2D eigenvalue weighted by Crippen LogP contribution is -3.18. The van der Waals surface area contributed by atoms with Gasteiger partial charge in [-0.2, -0.15) is 0 Å². The van der Waals surface area contributed by atoms with Crippen LogP contribution in [-0.4, -0.2) is 67.1 Å². The van der Waals surface area contributed by atoms with E-state index in [0.29, 0.717) is 59.9 Å². The van der Waals surface area contributed by atoms with Crippen molar-refractivity contribution in [1.82, 2.24) is 4.90 Å². The lowest BCUT2D eigenvalue weighted by Gasteiger charge is -2.72. The zero-order valence-corrected chi connectivity index (χ0v) is 33.2. The third-order valence-corrected chi connectivity index (χ3v) is 18.7. The molecule has 0 radical (unpaired) electrons. The first kappa shape index (κ1) is 37.3. The molecule has 1 aromatic rings. The molecule has 5 aliphatic carbocycles. The Kier molecular flexibility index (Phi) is 9.17. The lowest BCUT2D eigenvalue weighted by molar-refractivity contribution is -0.914. The number of nitrogens with one attached hydrogen (secondary N) is 1. The monoisotopic (exact) mass is 720 g/mol. The first-order valence-electron chi connectivity index (χ1n) is 20.0. The highest BCUT2D eigenvalue weighted by molar-refractivity contribution is 7.91. The molecule has 1 heterocycles. The number of fused-ring (bicyclic) bond motifs is 7. The van der Waals surface area contributed by atoms with Crippen LogP contribution in [-0.2, 0) is 9.84 Å². The summed E-state index contributed by atoms with van der Waals surface area (Å²) in [5.74, 6) is 1.86. The number of nitrogens with zero attached hydrogens (tertiary/aromatic N) is 1. The standard InChI is InChI=1S/C43H64N2O5S/c1-28(2)32-15-20-43(45(48)27-29(3)44-23-25-51(49,50)26-24-44)22-21-41(7)34(37(32)43)13-14-36-40(6)18-16-33(30-9-11-31(12-10-30)38(46)47)39(4,5)35(40)17-19-42(36,41)8/h9-12,16,29,32,34-37,45H,1,13-15,17-27H2,2-8H3,(H,46,47)/t29?,32-,34+,35-,36+,37+,40-,41+,42+,43-/m0/s1. The van der Waals surface area contributed by atoms with Crippen LogP contribution in [0.15, 0.2) is 42.5 Å². The van der Waals surface area contributed by atoms with Crippen molar-refractivity contribution in [2.75, 3.05) is 31.1 Å². The molecule has 11 atom stereocenters. The fraction of sp³-hybridized carbons (Fsp3) is 0.744. The van der Waals surface area contributed by atoms with E-state index in [9.17, 15) is 23.5 Å². The molecule has 0 amide bonds. The van der Waals surface area contributed by atoms with E-state index >= 15 is 0 Å². The number of carboxylic acid groups (broad SMARTS) is 1. The summed E-state index contributed by atoms with van der Waals surface area (Å²) < 4.78 is 24.3. The molecule has 2 N–H and O–H groups in total. The van der Waals surface area contributed by atoms with Gasteiger partial charge < -0.3 is 15.4 Å². The van der Waals surface area contributed by atoms with Crippen molar-refractivity contribution in [3.05, 3.63) is 58.8 Å². The Bertz CT molecular complexity index is 1690. The summed E-state index contributed by atoms with van der Waals surface area (Å²) in [5.41, 5.74) is 4.25. The molecule has 8 heteroatoms. The third-order valence-electron chi connectivity index (χ3n) is 17.1. The SMILES string of the molecule is C=C(C)[C@@H]1CC[C@]2([NH+]([O-])CC(C)N3CCS(=O)(=O)CC3)CC[C@]3(C)[C@H](CC[C@@H]4[C@@]5(C)CC=C(c6ccc(C(=O)O)cc6)C(C)(C)[C@@H]5CC[C@]43C)[C@@H]12. The molecule has 0 bridgehead atoms. The molecule has 5 fully saturated rings. The van der Waals surface area contributed by atoms with E-state index in [1.807, 2.05) is 12.1 Å². The Hall–Kier alpha value is -2.00. The molecule has 6 aliphatic rings. The van der Waals surface area contributed by atoms with Gasteiger partial charge in [0.05, 0.1) is 29.7 Å². The summed E-state index contributed by atoms with van der Waals surface area (Å²) in [4.78, 5) is 13.8. The van der Waals surface area contributed by atoms with Crippen LogP contribution in [0.1, 0.15) is 122 Å². The topological polar surface area (TPSA) is 102 Å². The molecule has 7 rings (SSSR count). The fourth-order valence-electron chi connectivity index (χ4n) is 14.3. The molecule has 2 unspecified atom stereocenters. The lowest BCUT2D eigenvalue weighted by atomic mass is 9.33. The van der Waals surface area contributed by atoms with Gasteiger partial charge in [0.1, 0.15) is 5.54 Å². The highest BCUT2D eigenvalue weighted by Gasteiger charge is 2.71. The molecule has 0 spiro atoms. The number of quaternary nitrogens is 1. The number of hydrogen-bond donors (Lipinski definition) is 2. The number of aromatic carboxylic acids is 1. The predicted molar refractivity (Wildman–Crippen MR) is 205 cm³/mol. The molecule has 0 aromatic heterocycles. The number of allylic oxidation sites excluding steroid dienone is 3. The maximum Gasteiger partial charge on any atom is 0.335 e. The minimum absolute atomic E-state index is 0.0311. The van der Waals surface area contributed by atoms with Crippen molar-refractivity contribution in [2.45, 2.75) is 118 Å². The van der Waals surface area contributed by atoms with Crippen LogP contribution in [0.4, 0.5) is 0 Å². The largest absolute Gasteiger partial charge is 0.634 e. The Morgan fingerprint density at radius 2 is 1.63 bits per heavy atom. The average molecular weight is 721 g/mol. The molecule has 1 aliphatic heterocycles. The average Bonchev–Trinajstić information content (AvgIpc) is 3.46. The van der Waals surface area contributed by atoms with Gasteiger partial charge in [-0.05, 0) is 127 Å². The number of hydroxylamine groups is 2. The smallest absolute Gasteiger partial charge is 0.335 e. The molecular weight excluding hydrogens is 657 g/mol. The van der Waals surface area contributed by atoms with E-state index in [-0.39, 0.29) is 44.7 Å². The first-order valence-corrected chi connectivity index (χ1v) is 21.8. The second-order valence-electron chi connectivity index (χ2n) is 19.4. The number of carboxylic acids is 1. The zero-order valence-electron chi connectivity index (χ0n) is 32.4. The van der Waals surface area contributed by atoms with Crippen molar-refractivity contribution in [1.29, 1.82) is 0 Å². The normalized spacial score (nSPS) is 42.7. The van der Waals surface area contributed by atoms with E-state index in [4.69, 9.17) is 0 Å². The predicted octanol–water partition coefficient (Wildman–Crippen LogP) is 7.29. The first-order chi connectivity index (χ1) is 23.8. The Morgan fingerprint density at radius 3 is 2.25 bits per heavy atom. The molecule has 282 valence electrons. The van der Waals surface area contributed by atoms with Gasteiger partial charge >= 0.3 is 5.97 Å².